The van der Waals surface area contributed by atoms with E-state index in [9.17, 15) is 0 Å². The maximum atomic E-state index is 6.06. The van der Waals surface area contributed by atoms with Gasteiger partial charge in [0.2, 0.25) is 0 Å². The second-order valence-corrected chi connectivity index (χ2v) is 5.97. The van der Waals surface area contributed by atoms with Crippen LogP contribution < -0.4 is 5.73 Å². The summed E-state index contributed by atoms with van der Waals surface area (Å²) in [6.07, 6.45) is 4.21. The highest BCUT2D eigenvalue weighted by Gasteiger charge is 2.29. The Morgan fingerprint density at radius 1 is 1.37 bits per heavy atom. The lowest BCUT2D eigenvalue weighted by Gasteiger charge is -2.40. The van der Waals surface area contributed by atoms with E-state index in [1.807, 2.05) is 18.3 Å². The van der Waals surface area contributed by atoms with Crippen molar-refractivity contribution in [2.75, 3.05) is 13.1 Å². The Hall–Kier alpha value is -0.930. The fourth-order valence-corrected chi connectivity index (χ4v) is 2.36. The molecule has 108 valence electrons. The van der Waals surface area contributed by atoms with E-state index >= 15 is 0 Å². The largest absolute Gasteiger partial charge is 0.329 e. The van der Waals surface area contributed by atoms with Gasteiger partial charge in [-0.25, -0.2) is 0 Å². The van der Waals surface area contributed by atoms with Crippen molar-refractivity contribution in [3.05, 3.63) is 30.1 Å². The molecule has 1 rings (SSSR count). The standard InChI is InChI=1S/C16H29N3/c1-5-19(12-15-8-6-7-11-18-15)16(4,13-17)10-9-14(2)3/h6-8,11,14H,5,9-10,12-13,17H2,1-4H3. The predicted octanol–water partition coefficient (Wildman–Crippen LogP) is 3.06. The smallest absolute Gasteiger partial charge is 0.0544 e. The van der Waals surface area contributed by atoms with Gasteiger partial charge in [0.05, 0.1) is 5.69 Å². The average Bonchev–Trinajstić information content (AvgIpc) is 2.43. The van der Waals surface area contributed by atoms with E-state index < -0.39 is 0 Å². The molecule has 0 aliphatic rings. The van der Waals surface area contributed by atoms with Crippen molar-refractivity contribution >= 4 is 0 Å². The minimum atomic E-state index is 0.0660. The lowest BCUT2D eigenvalue weighted by molar-refractivity contribution is 0.0922. The van der Waals surface area contributed by atoms with Gasteiger partial charge in [-0.2, -0.15) is 0 Å². The molecular formula is C16H29N3. The monoisotopic (exact) mass is 263 g/mol. The first-order valence-electron chi connectivity index (χ1n) is 7.37. The average molecular weight is 263 g/mol. The Morgan fingerprint density at radius 2 is 2.11 bits per heavy atom. The second kappa shape index (κ2) is 7.61. The molecule has 1 heterocycles. The molecule has 3 nitrogen and oxygen atoms in total. The quantitative estimate of drug-likeness (QED) is 0.784. The maximum Gasteiger partial charge on any atom is 0.0544 e. The highest BCUT2D eigenvalue weighted by molar-refractivity contribution is 5.04. The molecule has 3 heteroatoms. The van der Waals surface area contributed by atoms with Gasteiger partial charge in [0.1, 0.15) is 0 Å². The molecule has 1 aromatic heterocycles. The SMILES string of the molecule is CCN(Cc1ccccn1)C(C)(CN)CCC(C)C. The van der Waals surface area contributed by atoms with Crippen LogP contribution in [0.25, 0.3) is 0 Å². The number of aromatic nitrogens is 1. The van der Waals surface area contributed by atoms with E-state index in [-0.39, 0.29) is 5.54 Å². The predicted molar refractivity (Wildman–Crippen MR) is 81.9 cm³/mol. The van der Waals surface area contributed by atoms with Crippen LogP contribution >= 0.6 is 0 Å². The van der Waals surface area contributed by atoms with Crippen LogP contribution in [0.3, 0.4) is 0 Å². The van der Waals surface area contributed by atoms with Gasteiger partial charge in [-0.3, -0.25) is 9.88 Å². The summed E-state index contributed by atoms with van der Waals surface area (Å²) >= 11 is 0. The number of nitrogens with zero attached hydrogens (tertiary/aromatic N) is 2. The fourth-order valence-electron chi connectivity index (χ4n) is 2.36. The zero-order valence-corrected chi connectivity index (χ0v) is 12.9. The minimum Gasteiger partial charge on any atom is -0.329 e. The second-order valence-electron chi connectivity index (χ2n) is 5.97. The van der Waals surface area contributed by atoms with Crippen LogP contribution in [-0.2, 0) is 6.54 Å². The van der Waals surface area contributed by atoms with E-state index in [0.29, 0.717) is 6.54 Å². The molecule has 0 amide bonds. The van der Waals surface area contributed by atoms with Crippen LogP contribution in [0.5, 0.6) is 0 Å². The molecule has 0 spiro atoms. The van der Waals surface area contributed by atoms with Crippen molar-refractivity contribution in [3.8, 4) is 0 Å². The molecule has 0 aliphatic heterocycles. The molecule has 0 aliphatic carbocycles. The Labute approximate surface area is 118 Å². The summed E-state index contributed by atoms with van der Waals surface area (Å²) in [5, 5.41) is 0. The third-order valence-corrected chi connectivity index (χ3v) is 3.92. The third-order valence-electron chi connectivity index (χ3n) is 3.92. The molecule has 0 saturated heterocycles. The summed E-state index contributed by atoms with van der Waals surface area (Å²) in [5.41, 5.74) is 7.25. The number of hydrogen-bond donors (Lipinski definition) is 1. The van der Waals surface area contributed by atoms with E-state index in [4.69, 9.17) is 5.73 Å². The Kier molecular flexibility index (Phi) is 6.46. The normalized spacial score (nSPS) is 14.9. The fraction of sp³-hybridized carbons (Fsp3) is 0.688. The van der Waals surface area contributed by atoms with Crippen LogP contribution in [0.2, 0.25) is 0 Å². The highest BCUT2D eigenvalue weighted by atomic mass is 15.2. The molecule has 2 N–H and O–H groups in total. The van der Waals surface area contributed by atoms with Crippen molar-refractivity contribution < 1.29 is 0 Å². The first kappa shape index (κ1) is 16.1. The van der Waals surface area contributed by atoms with Crippen LogP contribution in [0.4, 0.5) is 0 Å². The van der Waals surface area contributed by atoms with Gasteiger partial charge in [0, 0.05) is 24.8 Å². The van der Waals surface area contributed by atoms with E-state index in [2.05, 4.69) is 43.6 Å². The van der Waals surface area contributed by atoms with E-state index in [1.54, 1.807) is 0 Å². The van der Waals surface area contributed by atoms with Crippen molar-refractivity contribution in [2.45, 2.75) is 52.6 Å². The number of nitrogens with two attached hydrogens (primary N) is 1. The van der Waals surface area contributed by atoms with Crippen molar-refractivity contribution in [3.63, 3.8) is 0 Å². The van der Waals surface area contributed by atoms with Crippen LogP contribution in [0, 0.1) is 5.92 Å². The van der Waals surface area contributed by atoms with Crippen LogP contribution in [0.1, 0.15) is 46.2 Å². The molecule has 0 aromatic carbocycles. The first-order chi connectivity index (χ1) is 9.01. The Bertz CT molecular complexity index is 350. The molecule has 0 radical (unpaired) electrons. The van der Waals surface area contributed by atoms with E-state index in [0.717, 1.165) is 31.1 Å². The molecule has 0 saturated carbocycles. The zero-order valence-electron chi connectivity index (χ0n) is 12.9. The summed E-state index contributed by atoms with van der Waals surface area (Å²) < 4.78 is 0. The molecule has 0 fully saturated rings. The lowest BCUT2D eigenvalue weighted by atomic mass is 9.90. The lowest BCUT2D eigenvalue weighted by Crippen LogP contribution is -2.51. The number of hydrogen-bond acceptors (Lipinski definition) is 3. The zero-order chi connectivity index (χ0) is 14.3. The minimum absolute atomic E-state index is 0.0660. The van der Waals surface area contributed by atoms with Crippen molar-refractivity contribution in [2.24, 2.45) is 11.7 Å². The third kappa shape index (κ3) is 4.92. The molecule has 1 atom stereocenters. The summed E-state index contributed by atoms with van der Waals surface area (Å²) in [5.74, 6) is 0.722. The number of pyridine rings is 1. The van der Waals surface area contributed by atoms with Gasteiger partial charge >= 0.3 is 0 Å². The molecule has 19 heavy (non-hydrogen) atoms. The van der Waals surface area contributed by atoms with Gasteiger partial charge < -0.3 is 5.73 Å². The highest BCUT2D eigenvalue weighted by Crippen LogP contribution is 2.24. The van der Waals surface area contributed by atoms with Gasteiger partial charge in [0.15, 0.2) is 0 Å². The first-order valence-corrected chi connectivity index (χ1v) is 7.37. The van der Waals surface area contributed by atoms with Gasteiger partial charge in [-0.15, -0.1) is 0 Å². The van der Waals surface area contributed by atoms with Crippen LogP contribution in [-0.4, -0.2) is 28.5 Å². The molecule has 1 aromatic rings. The molecular weight excluding hydrogens is 234 g/mol. The van der Waals surface area contributed by atoms with Crippen molar-refractivity contribution in [1.29, 1.82) is 0 Å². The summed E-state index contributed by atoms with van der Waals surface area (Å²) in [7, 11) is 0. The number of likely N-dealkylation sites (N-methyl/N-ethyl adjacent to an activating group) is 1. The van der Waals surface area contributed by atoms with Gasteiger partial charge in [-0.05, 0) is 44.4 Å². The molecule has 1 unspecified atom stereocenters. The van der Waals surface area contributed by atoms with E-state index in [1.165, 1.54) is 6.42 Å². The maximum absolute atomic E-state index is 6.06. The van der Waals surface area contributed by atoms with Crippen molar-refractivity contribution in [1.82, 2.24) is 9.88 Å². The Morgan fingerprint density at radius 3 is 2.58 bits per heavy atom. The topological polar surface area (TPSA) is 42.2 Å². The summed E-state index contributed by atoms with van der Waals surface area (Å²) in [6.45, 7) is 11.6. The van der Waals surface area contributed by atoms with Crippen LogP contribution in [0.15, 0.2) is 24.4 Å². The summed E-state index contributed by atoms with van der Waals surface area (Å²) in [4.78, 5) is 6.88. The number of rotatable bonds is 8. The summed E-state index contributed by atoms with van der Waals surface area (Å²) in [6, 6.07) is 6.09. The Balaban J connectivity index is 2.74. The van der Waals surface area contributed by atoms with Gasteiger partial charge in [-0.1, -0.05) is 26.8 Å². The molecule has 0 bridgehead atoms. The van der Waals surface area contributed by atoms with Gasteiger partial charge in [0.25, 0.3) is 0 Å².